The second-order valence-electron chi connectivity index (χ2n) is 3.57. The number of nitrogens with one attached hydrogen (secondary N) is 1. The van der Waals surface area contributed by atoms with E-state index in [4.69, 9.17) is 5.11 Å². The standard InChI is InChI=1S/C10H12N2O3S/c13-9(7-1-4-16-6-7)12-3-2-11-5-8(12)10(14)15/h1,4,6,8,11H,2-3,5H2,(H,14,15)/t8-/m1/s1. The van der Waals surface area contributed by atoms with Gasteiger partial charge in [-0.1, -0.05) is 0 Å². The zero-order valence-corrected chi connectivity index (χ0v) is 9.37. The Morgan fingerprint density at radius 2 is 2.38 bits per heavy atom. The van der Waals surface area contributed by atoms with Crippen molar-refractivity contribution in [1.29, 1.82) is 0 Å². The highest BCUT2D eigenvalue weighted by Gasteiger charge is 2.32. The molecule has 0 aliphatic carbocycles. The molecule has 0 bridgehead atoms. The average molecular weight is 240 g/mol. The number of thiophene rings is 1. The van der Waals surface area contributed by atoms with Crippen LogP contribution >= 0.6 is 11.3 Å². The van der Waals surface area contributed by atoms with E-state index in [2.05, 4.69) is 5.32 Å². The van der Waals surface area contributed by atoms with E-state index in [1.165, 1.54) is 16.2 Å². The molecule has 5 nitrogen and oxygen atoms in total. The summed E-state index contributed by atoms with van der Waals surface area (Å²) in [7, 11) is 0. The molecule has 2 N–H and O–H groups in total. The number of amides is 1. The second-order valence-corrected chi connectivity index (χ2v) is 4.35. The van der Waals surface area contributed by atoms with Crippen molar-refractivity contribution in [2.75, 3.05) is 19.6 Å². The number of hydrogen-bond acceptors (Lipinski definition) is 4. The molecule has 0 radical (unpaired) electrons. The van der Waals surface area contributed by atoms with Gasteiger partial charge >= 0.3 is 5.97 Å². The lowest BCUT2D eigenvalue weighted by molar-refractivity contribution is -0.142. The largest absolute Gasteiger partial charge is 0.480 e. The normalized spacial score (nSPS) is 20.8. The van der Waals surface area contributed by atoms with Gasteiger partial charge in [-0.05, 0) is 11.4 Å². The number of hydrogen-bond donors (Lipinski definition) is 2. The number of aliphatic carboxylic acids is 1. The van der Waals surface area contributed by atoms with Crippen LogP contribution in [0.15, 0.2) is 16.8 Å². The van der Waals surface area contributed by atoms with Gasteiger partial charge in [-0.15, -0.1) is 0 Å². The first-order valence-electron chi connectivity index (χ1n) is 4.97. The Hall–Kier alpha value is -1.40. The third-order valence-corrected chi connectivity index (χ3v) is 3.24. The van der Waals surface area contributed by atoms with Gasteiger partial charge in [0.15, 0.2) is 0 Å². The molecule has 0 aromatic carbocycles. The molecule has 6 heteroatoms. The molecule has 1 fully saturated rings. The maximum Gasteiger partial charge on any atom is 0.327 e. The molecule has 1 aromatic heterocycles. The summed E-state index contributed by atoms with van der Waals surface area (Å²) in [4.78, 5) is 24.4. The van der Waals surface area contributed by atoms with Crippen molar-refractivity contribution in [3.8, 4) is 0 Å². The van der Waals surface area contributed by atoms with E-state index >= 15 is 0 Å². The summed E-state index contributed by atoms with van der Waals surface area (Å²) in [5.74, 6) is -1.16. The van der Waals surface area contributed by atoms with Crippen LogP contribution in [-0.4, -0.2) is 47.6 Å². The fraction of sp³-hybridized carbons (Fsp3) is 0.400. The molecular weight excluding hydrogens is 228 g/mol. The Morgan fingerprint density at radius 3 is 3.00 bits per heavy atom. The fourth-order valence-electron chi connectivity index (χ4n) is 1.72. The Bertz CT molecular complexity index is 391. The molecule has 1 aliphatic rings. The monoisotopic (exact) mass is 240 g/mol. The van der Waals surface area contributed by atoms with Crippen molar-refractivity contribution in [2.24, 2.45) is 0 Å². The van der Waals surface area contributed by atoms with Crippen LogP contribution in [0.5, 0.6) is 0 Å². The lowest BCUT2D eigenvalue weighted by atomic mass is 10.1. The van der Waals surface area contributed by atoms with Gasteiger partial charge in [0, 0.05) is 25.0 Å². The number of nitrogens with zero attached hydrogens (tertiary/aromatic N) is 1. The van der Waals surface area contributed by atoms with Crippen molar-refractivity contribution in [3.63, 3.8) is 0 Å². The highest BCUT2D eigenvalue weighted by atomic mass is 32.1. The molecular formula is C10H12N2O3S. The summed E-state index contributed by atoms with van der Waals surface area (Å²) in [5.41, 5.74) is 0.568. The number of piperazine rings is 1. The van der Waals surface area contributed by atoms with Gasteiger partial charge < -0.3 is 15.3 Å². The average Bonchev–Trinajstić information content (AvgIpc) is 2.81. The summed E-state index contributed by atoms with van der Waals surface area (Å²) >= 11 is 1.43. The maximum atomic E-state index is 12.0. The molecule has 1 aliphatic heterocycles. The molecule has 1 saturated heterocycles. The Kier molecular flexibility index (Phi) is 3.21. The van der Waals surface area contributed by atoms with Crippen LogP contribution < -0.4 is 5.32 Å². The SMILES string of the molecule is O=C(O)[C@H]1CNCCN1C(=O)c1ccsc1. The Morgan fingerprint density at radius 1 is 1.56 bits per heavy atom. The minimum Gasteiger partial charge on any atom is -0.480 e. The van der Waals surface area contributed by atoms with Gasteiger partial charge in [-0.2, -0.15) is 11.3 Å². The third-order valence-electron chi connectivity index (χ3n) is 2.56. The number of carboxylic acids is 1. The zero-order valence-electron chi connectivity index (χ0n) is 8.55. The number of carbonyl (C=O) groups excluding carboxylic acids is 1. The van der Waals surface area contributed by atoms with E-state index in [1.54, 1.807) is 11.4 Å². The van der Waals surface area contributed by atoms with Gasteiger partial charge in [0.05, 0.1) is 5.56 Å². The van der Waals surface area contributed by atoms with Crippen molar-refractivity contribution in [2.45, 2.75) is 6.04 Å². The molecule has 0 spiro atoms. The van der Waals surface area contributed by atoms with Gasteiger partial charge in [0.25, 0.3) is 5.91 Å². The van der Waals surface area contributed by atoms with E-state index in [9.17, 15) is 9.59 Å². The van der Waals surface area contributed by atoms with E-state index in [-0.39, 0.29) is 5.91 Å². The van der Waals surface area contributed by atoms with Crippen LogP contribution in [-0.2, 0) is 4.79 Å². The number of rotatable bonds is 2. The summed E-state index contributed by atoms with van der Waals surface area (Å²) in [6.07, 6.45) is 0. The van der Waals surface area contributed by atoms with Crippen LogP contribution in [0.25, 0.3) is 0 Å². The van der Waals surface area contributed by atoms with Crippen LogP contribution in [0.2, 0.25) is 0 Å². The number of carbonyl (C=O) groups is 2. The highest BCUT2D eigenvalue weighted by Crippen LogP contribution is 2.13. The van der Waals surface area contributed by atoms with Gasteiger partial charge in [0.2, 0.25) is 0 Å². The van der Waals surface area contributed by atoms with Gasteiger partial charge in [-0.3, -0.25) is 4.79 Å². The quantitative estimate of drug-likeness (QED) is 0.777. The lowest BCUT2D eigenvalue weighted by Crippen LogP contribution is -2.56. The minimum absolute atomic E-state index is 0.199. The summed E-state index contributed by atoms with van der Waals surface area (Å²) in [6, 6.07) is 0.953. The maximum absolute atomic E-state index is 12.0. The molecule has 1 aromatic rings. The summed E-state index contributed by atoms with van der Waals surface area (Å²) in [6.45, 7) is 1.39. The van der Waals surface area contributed by atoms with Crippen molar-refractivity contribution < 1.29 is 14.7 Å². The zero-order chi connectivity index (χ0) is 11.5. The van der Waals surface area contributed by atoms with Crippen molar-refractivity contribution in [3.05, 3.63) is 22.4 Å². The second kappa shape index (κ2) is 4.63. The van der Waals surface area contributed by atoms with Gasteiger partial charge in [0.1, 0.15) is 6.04 Å². The lowest BCUT2D eigenvalue weighted by Gasteiger charge is -2.33. The predicted molar refractivity (Wildman–Crippen MR) is 59.6 cm³/mol. The summed E-state index contributed by atoms with van der Waals surface area (Å²) in [5, 5.41) is 15.5. The topological polar surface area (TPSA) is 69.6 Å². The molecule has 0 unspecified atom stereocenters. The molecule has 1 amide bonds. The predicted octanol–water partition coefficient (Wildman–Crippen LogP) is 0.247. The highest BCUT2D eigenvalue weighted by molar-refractivity contribution is 7.08. The van der Waals surface area contributed by atoms with Crippen LogP contribution in [0.3, 0.4) is 0 Å². The first kappa shape index (κ1) is 11.1. The summed E-state index contributed by atoms with van der Waals surface area (Å²) < 4.78 is 0. The van der Waals surface area contributed by atoms with E-state index in [1.807, 2.05) is 5.38 Å². The molecule has 2 rings (SSSR count). The Balaban J connectivity index is 2.17. The third kappa shape index (κ3) is 2.07. The van der Waals surface area contributed by atoms with E-state index in [0.717, 1.165) is 0 Å². The van der Waals surface area contributed by atoms with Crippen molar-refractivity contribution >= 4 is 23.2 Å². The first-order valence-corrected chi connectivity index (χ1v) is 5.91. The van der Waals surface area contributed by atoms with Crippen molar-refractivity contribution in [1.82, 2.24) is 10.2 Å². The van der Waals surface area contributed by atoms with Crippen LogP contribution in [0.4, 0.5) is 0 Å². The molecule has 16 heavy (non-hydrogen) atoms. The number of carboxylic acid groups (broad SMARTS) is 1. The molecule has 0 saturated carbocycles. The van der Waals surface area contributed by atoms with Crippen LogP contribution in [0, 0.1) is 0 Å². The first-order chi connectivity index (χ1) is 7.70. The Labute approximate surface area is 96.7 Å². The van der Waals surface area contributed by atoms with Crippen LogP contribution in [0.1, 0.15) is 10.4 Å². The minimum atomic E-state index is -0.962. The molecule has 1 atom stereocenters. The van der Waals surface area contributed by atoms with E-state index < -0.39 is 12.0 Å². The molecule has 86 valence electrons. The van der Waals surface area contributed by atoms with Gasteiger partial charge in [-0.25, -0.2) is 4.79 Å². The smallest absolute Gasteiger partial charge is 0.327 e. The van der Waals surface area contributed by atoms with E-state index in [0.29, 0.717) is 25.2 Å². The molecule has 2 heterocycles. The fourth-order valence-corrected chi connectivity index (χ4v) is 2.35.